The van der Waals surface area contributed by atoms with Gasteiger partial charge in [-0.2, -0.15) is 0 Å². The van der Waals surface area contributed by atoms with Gasteiger partial charge in [0.2, 0.25) is 0 Å². The molecule has 1 aliphatic heterocycles. The lowest BCUT2D eigenvalue weighted by atomic mass is 10.0. The first-order valence-electron chi connectivity index (χ1n) is 8.68. The summed E-state index contributed by atoms with van der Waals surface area (Å²) in [6.07, 6.45) is 9.94. The van der Waals surface area contributed by atoms with E-state index in [1.165, 1.54) is 62.2 Å². The van der Waals surface area contributed by atoms with E-state index in [-0.39, 0.29) is 5.56 Å². The van der Waals surface area contributed by atoms with Crippen molar-refractivity contribution in [3.05, 3.63) is 32.7 Å². The average Bonchev–Trinajstić information content (AvgIpc) is 2.69. The highest BCUT2D eigenvalue weighted by molar-refractivity contribution is 7.17. The van der Waals surface area contributed by atoms with Crippen molar-refractivity contribution in [2.45, 2.75) is 57.9 Å². The Hall–Kier alpha value is -1.20. The number of rotatable bonds is 2. The van der Waals surface area contributed by atoms with Crippen molar-refractivity contribution in [3.63, 3.8) is 0 Å². The molecule has 2 aliphatic rings. The number of likely N-dealkylation sites (tertiary alicyclic amines) is 1. The van der Waals surface area contributed by atoms with Gasteiger partial charge in [-0.1, -0.05) is 0 Å². The minimum Gasteiger partial charge on any atom is -0.330 e. The van der Waals surface area contributed by atoms with Crippen molar-refractivity contribution in [1.82, 2.24) is 9.38 Å². The Labute approximate surface area is 134 Å². The van der Waals surface area contributed by atoms with Gasteiger partial charge in [0.1, 0.15) is 12.2 Å². The lowest BCUT2D eigenvalue weighted by Crippen LogP contribution is -3.10. The number of hydrogen-bond acceptors (Lipinski definition) is 3. The quantitative estimate of drug-likeness (QED) is 0.913. The van der Waals surface area contributed by atoms with Crippen LogP contribution in [0.25, 0.3) is 4.96 Å². The maximum absolute atomic E-state index is 12.6. The smallest absolute Gasteiger partial charge is 0.259 e. The number of aryl methyl sites for hydroxylation is 2. The summed E-state index contributed by atoms with van der Waals surface area (Å²) in [5, 5.41) is 0. The number of thiazole rings is 1. The van der Waals surface area contributed by atoms with Gasteiger partial charge in [-0.05, 0) is 51.4 Å². The van der Waals surface area contributed by atoms with Gasteiger partial charge in [-0.3, -0.25) is 9.20 Å². The molecule has 0 bridgehead atoms. The zero-order valence-corrected chi connectivity index (χ0v) is 13.9. The second-order valence-electron chi connectivity index (χ2n) is 6.72. The van der Waals surface area contributed by atoms with Crippen molar-refractivity contribution in [2.75, 3.05) is 13.1 Å². The molecule has 2 aromatic heterocycles. The van der Waals surface area contributed by atoms with Crippen LogP contribution in [0.2, 0.25) is 0 Å². The third-order valence-corrected chi connectivity index (χ3v) is 6.20. The fourth-order valence-corrected chi connectivity index (χ4v) is 5.13. The molecule has 0 unspecified atom stereocenters. The Balaban J connectivity index is 1.66. The Morgan fingerprint density at radius 3 is 2.68 bits per heavy atom. The summed E-state index contributed by atoms with van der Waals surface area (Å²) in [6.45, 7) is 3.36. The normalized spacial score (nSPS) is 20.0. The molecule has 0 atom stereocenters. The van der Waals surface area contributed by atoms with Gasteiger partial charge in [-0.15, -0.1) is 11.3 Å². The van der Waals surface area contributed by atoms with Gasteiger partial charge in [0.25, 0.3) is 5.56 Å². The van der Waals surface area contributed by atoms with Gasteiger partial charge in [-0.25, -0.2) is 4.98 Å². The summed E-state index contributed by atoms with van der Waals surface area (Å²) in [6, 6.07) is 1.78. The Bertz CT molecular complexity index is 725. The molecule has 1 N–H and O–H groups in total. The molecule has 1 saturated heterocycles. The van der Waals surface area contributed by atoms with Crippen molar-refractivity contribution in [1.29, 1.82) is 0 Å². The highest BCUT2D eigenvalue weighted by atomic mass is 32.1. The summed E-state index contributed by atoms with van der Waals surface area (Å²) >= 11 is 1.74. The zero-order valence-electron chi connectivity index (χ0n) is 13.1. The van der Waals surface area contributed by atoms with Crippen molar-refractivity contribution >= 4 is 16.3 Å². The Kier molecular flexibility index (Phi) is 4.01. The van der Waals surface area contributed by atoms with Crippen LogP contribution in [0.5, 0.6) is 0 Å². The molecule has 4 nitrogen and oxygen atoms in total. The molecule has 0 amide bonds. The topological polar surface area (TPSA) is 38.8 Å². The van der Waals surface area contributed by atoms with E-state index in [9.17, 15) is 4.79 Å². The lowest BCUT2D eigenvalue weighted by molar-refractivity contribution is -0.913. The van der Waals surface area contributed by atoms with Crippen LogP contribution in [-0.2, 0) is 19.4 Å². The third-order valence-electron chi connectivity index (χ3n) is 5.06. The summed E-state index contributed by atoms with van der Waals surface area (Å²) in [5.74, 6) is 0. The van der Waals surface area contributed by atoms with Gasteiger partial charge in [0.15, 0.2) is 4.96 Å². The molecule has 0 aromatic carbocycles. The highest BCUT2D eigenvalue weighted by Gasteiger charge is 2.20. The number of fused-ring (bicyclic) bond motifs is 3. The monoisotopic (exact) mass is 318 g/mol. The molecule has 1 fully saturated rings. The molecule has 0 saturated carbocycles. The number of hydrogen-bond donors (Lipinski definition) is 1. The second-order valence-corrected chi connectivity index (χ2v) is 7.79. The van der Waals surface area contributed by atoms with Crippen LogP contribution in [0.1, 0.15) is 54.8 Å². The second kappa shape index (κ2) is 6.13. The van der Waals surface area contributed by atoms with E-state index in [2.05, 4.69) is 0 Å². The van der Waals surface area contributed by atoms with Gasteiger partial charge >= 0.3 is 0 Å². The van der Waals surface area contributed by atoms with Crippen molar-refractivity contribution in [2.24, 2.45) is 0 Å². The fraction of sp³-hybridized carbons (Fsp3) is 0.647. The first-order chi connectivity index (χ1) is 10.8. The van der Waals surface area contributed by atoms with E-state index < -0.39 is 0 Å². The summed E-state index contributed by atoms with van der Waals surface area (Å²) in [7, 11) is 0. The van der Waals surface area contributed by atoms with Crippen LogP contribution in [0, 0.1) is 0 Å². The highest BCUT2D eigenvalue weighted by Crippen LogP contribution is 2.28. The molecular formula is C17H24N3OS+. The maximum Gasteiger partial charge on any atom is 0.259 e. The molecule has 2 aromatic rings. The number of quaternary nitrogens is 1. The number of nitrogens with one attached hydrogen (secondary N) is 1. The third kappa shape index (κ3) is 2.72. The fourth-order valence-electron chi connectivity index (χ4n) is 3.89. The molecule has 0 spiro atoms. The van der Waals surface area contributed by atoms with Crippen LogP contribution < -0.4 is 10.5 Å². The average molecular weight is 318 g/mol. The van der Waals surface area contributed by atoms with Gasteiger partial charge in [0.05, 0.1) is 13.1 Å². The molecule has 0 radical (unpaired) electrons. The van der Waals surface area contributed by atoms with Crippen LogP contribution in [-0.4, -0.2) is 22.5 Å². The Morgan fingerprint density at radius 1 is 1.09 bits per heavy atom. The van der Waals surface area contributed by atoms with Crippen LogP contribution in [0.3, 0.4) is 0 Å². The molecule has 4 rings (SSSR count). The largest absolute Gasteiger partial charge is 0.330 e. The Morgan fingerprint density at radius 2 is 1.86 bits per heavy atom. The van der Waals surface area contributed by atoms with Crippen molar-refractivity contribution < 1.29 is 4.90 Å². The first-order valence-corrected chi connectivity index (χ1v) is 9.50. The first kappa shape index (κ1) is 14.4. The standard InChI is InChI=1S/C17H23N3OS/c21-16-11-13(12-19-9-5-1-2-6-10-19)18-17-20(16)14-7-3-4-8-15(14)22-17/h11H,1-10,12H2/p+1. The number of nitrogens with zero attached hydrogens (tertiary/aromatic N) is 2. The van der Waals surface area contributed by atoms with E-state index in [0.29, 0.717) is 0 Å². The SMILES string of the molecule is O=c1cc(C[NH+]2CCCCCC2)nc2sc3c(n12)CCCC3. The van der Waals surface area contributed by atoms with Gasteiger partial charge in [0, 0.05) is 16.6 Å². The van der Waals surface area contributed by atoms with Crippen LogP contribution in [0.4, 0.5) is 0 Å². The van der Waals surface area contributed by atoms with E-state index >= 15 is 0 Å². The molecule has 5 heteroatoms. The number of aromatic nitrogens is 2. The van der Waals surface area contributed by atoms with Crippen LogP contribution >= 0.6 is 11.3 Å². The van der Waals surface area contributed by atoms with Crippen LogP contribution in [0.15, 0.2) is 10.9 Å². The van der Waals surface area contributed by atoms with E-state index in [4.69, 9.17) is 4.98 Å². The lowest BCUT2D eigenvalue weighted by Gasteiger charge is -2.16. The zero-order chi connectivity index (χ0) is 14.9. The predicted molar refractivity (Wildman–Crippen MR) is 88.8 cm³/mol. The van der Waals surface area contributed by atoms with E-state index in [1.54, 1.807) is 22.3 Å². The summed E-state index contributed by atoms with van der Waals surface area (Å²) in [4.78, 5) is 21.3. The summed E-state index contributed by atoms with van der Waals surface area (Å²) in [5.41, 5.74) is 2.35. The molecule has 118 valence electrons. The molecular weight excluding hydrogens is 294 g/mol. The molecule has 1 aliphatic carbocycles. The minimum atomic E-state index is 0.133. The summed E-state index contributed by atoms with van der Waals surface area (Å²) < 4.78 is 1.88. The molecule has 3 heterocycles. The van der Waals surface area contributed by atoms with Crippen molar-refractivity contribution in [3.8, 4) is 0 Å². The van der Waals surface area contributed by atoms with E-state index in [1.807, 2.05) is 4.40 Å². The maximum atomic E-state index is 12.6. The van der Waals surface area contributed by atoms with E-state index in [0.717, 1.165) is 30.0 Å². The minimum absolute atomic E-state index is 0.133. The molecule has 22 heavy (non-hydrogen) atoms. The van der Waals surface area contributed by atoms with Gasteiger partial charge < -0.3 is 4.90 Å². The predicted octanol–water partition coefficient (Wildman–Crippen LogP) is 1.59.